The normalized spacial score (nSPS) is 22.0. The van der Waals surface area contributed by atoms with E-state index >= 15 is 0 Å². The number of aromatic nitrogens is 2. The highest BCUT2D eigenvalue weighted by molar-refractivity contribution is 5.49. The van der Waals surface area contributed by atoms with Crippen molar-refractivity contribution in [2.75, 3.05) is 37.5 Å². The number of ether oxygens (including phenoxy) is 2. The number of hydrogen-bond acceptors (Lipinski definition) is 6. The summed E-state index contributed by atoms with van der Waals surface area (Å²) in [6.07, 6.45) is 1.25. The quantitative estimate of drug-likeness (QED) is 0.855. The molecule has 2 unspecified atom stereocenters. The Morgan fingerprint density at radius 2 is 2.30 bits per heavy atom. The molecule has 0 radical (unpaired) electrons. The molecule has 1 aromatic heterocycles. The molecular formula is C14H24N4O2. The summed E-state index contributed by atoms with van der Waals surface area (Å²) in [5, 5.41) is 3.08. The van der Waals surface area contributed by atoms with Crippen LogP contribution in [0.4, 0.5) is 11.6 Å². The highest BCUT2D eigenvalue weighted by atomic mass is 16.5. The number of nitrogens with zero attached hydrogens (tertiary/aromatic N) is 3. The SMILES string of the molecule is CCOCc1nc(NC)cc(N(C)C2CCOC2C)n1. The first-order valence-electron chi connectivity index (χ1n) is 7.13. The molecule has 0 bridgehead atoms. The van der Waals surface area contributed by atoms with Gasteiger partial charge in [-0.1, -0.05) is 0 Å². The monoisotopic (exact) mass is 280 g/mol. The van der Waals surface area contributed by atoms with Crippen LogP contribution < -0.4 is 10.2 Å². The molecule has 0 amide bonds. The van der Waals surface area contributed by atoms with Crippen LogP contribution in [-0.2, 0) is 16.1 Å². The molecule has 20 heavy (non-hydrogen) atoms. The highest BCUT2D eigenvalue weighted by Gasteiger charge is 2.29. The van der Waals surface area contributed by atoms with Gasteiger partial charge in [0.05, 0.1) is 12.1 Å². The average molecular weight is 280 g/mol. The summed E-state index contributed by atoms with van der Waals surface area (Å²) in [5.41, 5.74) is 0. The van der Waals surface area contributed by atoms with Crippen LogP contribution in [0.3, 0.4) is 0 Å². The van der Waals surface area contributed by atoms with Crippen molar-refractivity contribution < 1.29 is 9.47 Å². The third-order valence-electron chi connectivity index (χ3n) is 3.65. The number of rotatable bonds is 6. The summed E-state index contributed by atoms with van der Waals surface area (Å²) in [6, 6.07) is 2.31. The zero-order valence-electron chi connectivity index (χ0n) is 12.7. The Bertz CT molecular complexity index is 441. The Kier molecular flexibility index (Phi) is 5.14. The van der Waals surface area contributed by atoms with E-state index in [4.69, 9.17) is 9.47 Å². The molecule has 1 aliphatic heterocycles. The van der Waals surface area contributed by atoms with E-state index in [2.05, 4.69) is 34.2 Å². The summed E-state index contributed by atoms with van der Waals surface area (Å²) < 4.78 is 11.0. The lowest BCUT2D eigenvalue weighted by Crippen LogP contribution is -2.37. The van der Waals surface area contributed by atoms with Gasteiger partial charge >= 0.3 is 0 Å². The van der Waals surface area contributed by atoms with E-state index in [1.807, 2.05) is 20.0 Å². The Balaban J connectivity index is 2.20. The fourth-order valence-electron chi connectivity index (χ4n) is 2.45. The van der Waals surface area contributed by atoms with Gasteiger partial charge in [-0.25, -0.2) is 9.97 Å². The zero-order chi connectivity index (χ0) is 14.5. The molecule has 0 spiro atoms. The smallest absolute Gasteiger partial charge is 0.158 e. The lowest BCUT2D eigenvalue weighted by molar-refractivity contribution is 0.118. The van der Waals surface area contributed by atoms with Crippen LogP contribution in [0.2, 0.25) is 0 Å². The lowest BCUT2D eigenvalue weighted by Gasteiger charge is -2.28. The van der Waals surface area contributed by atoms with E-state index in [1.54, 1.807) is 0 Å². The molecule has 2 heterocycles. The number of hydrogen-bond donors (Lipinski definition) is 1. The van der Waals surface area contributed by atoms with Crippen molar-refractivity contribution in [1.29, 1.82) is 0 Å². The second-order valence-electron chi connectivity index (χ2n) is 4.96. The van der Waals surface area contributed by atoms with Gasteiger partial charge in [0.1, 0.15) is 18.2 Å². The van der Waals surface area contributed by atoms with Crippen LogP contribution in [0, 0.1) is 0 Å². The van der Waals surface area contributed by atoms with Crippen molar-refractivity contribution in [2.24, 2.45) is 0 Å². The van der Waals surface area contributed by atoms with Crippen LogP contribution in [0.25, 0.3) is 0 Å². The van der Waals surface area contributed by atoms with E-state index in [9.17, 15) is 0 Å². The van der Waals surface area contributed by atoms with Crippen molar-refractivity contribution in [3.8, 4) is 0 Å². The number of anilines is 2. The molecule has 1 N–H and O–H groups in total. The van der Waals surface area contributed by atoms with Gasteiger partial charge in [-0.05, 0) is 20.3 Å². The van der Waals surface area contributed by atoms with Gasteiger partial charge in [0.25, 0.3) is 0 Å². The number of nitrogens with one attached hydrogen (secondary N) is 1. The Labute approximate surface area is 120 Å². The molecule has 1 saturated heterocycles. The average Bonchev–Trinajstić information content (AvgIpc) is 2.90. The van der Waals surface area contributed by atoms with Crippen LogP contribution in [0.5, 0.6) is 0 Å². The maximum absolute atomic E-state index is 5.63. The lowest BCUT2D eigenvalue weighted by atomic mass is 10.1. The highest BCUT2D eigenvalue weighted by Crippen LogP contribution is 2.24. The Morgan fingerprint density at radius 1 is 1.50 bits per heavy atom. The third-order valence-corrected chi connectivity index (χ3v) is 3.65. The van der Waals surface area contributed by atoms with Gasteiger partial charge in [-0.2, -0.15) is 0 Å². The molecule has 1 aliphatic rings. The third kappa shape index (κ3) is 3.37. The molecule has 0 saturated carbocycles. The maximum Gasteiger partial charge on any atom is 0.158 e. The van der Waals surface area contributed by atoms with E-state index in [-0.39, 0.29) is 6.10 Å². The summed E-state index contributed by atoms with van der Waals surface area (Å²) in [7, 11) is 3.92. The fraction of sp³-hybridized carbons (Fsp3) is 0.714. The minimum Gasteiger partial charge on any atom is -0.376 e. The molecule has 6 nitrogen and oxygen atoms in total. The van der Waals surface area contributed by atoms with Crippen molar-refractivity contribution in [1.82, 2.24) is 9.97 Å². The minimum atomic E-state index is 0.225. The predicted molar refractivity (Wildman–Crippen MR) is 79.1 cm³/mol. The first-order chi connectivity index (χ1) is 9.65. The van der Waals surface area contributed by atoms with Gasteiger partial charge in [0.2, 0.25) is 0 Å². The summed E-state index contributed by atoms with van der Waals surface area (Å²) >= 11 is 0. The van der Waals surface area contributed by atoms with Gasteiger partial charge in [-0.15, -0.1) is 0 Å². The standard InChI is InChI=1S/C14H24N4O2/c1-5-19-9-13-16-12(15-3)8-14(17-13)18(4)11-6-7-20-10(11)2/h8,10-11H,5-7,9H2,1-4H3,(H,15,16,17). The maximum atomic E-state index is 5.63. The van der Waals surface area contributed by atoms with E-state index in [0.717, 1.165) is 24.7 Å². The second-order valence-corrected chi connectivity index (χ2v) is 4.96. The van der Waals surface area contributed by atoms with Crippen LogP contribution in [-0.4, -0.2) is 49.4 Å². The molecular weight excluding hydrogens is 256 g/mol. The molecule has 1 fully saturated rings. The largest absolute Gasteiger partial charge is 0.376 e. The molecule has 6 heteroatoms. The van der Waals surface area contributed by atoms with Crippen LogP contribution in [0.15, 0.2) is 6.07 Å². The summed E-state index contributed by atoms with van der Waals surface area (Å²) in [6.45, 7) is 5.98. The first-order valence-corrected chi connectivity index (χ1v) is 7.13. The topological polar surface area (TPSA) is 59.5 Å². The summed E-state index contributed by atoms with van der Waals surface area (Å²) in [5.74, 6) is 2.41. The first kappa shape index (κ1) is 15.0. The Hall–Kier alpha value is -1.40. The second kappa shape index (κ2) is 6.85. The van der Waals surface area contributed by atoms with Gasteiger partial charge < -0.3 is 19.7 Å². The van der Waals surface area contributed by atoms with Crippen molar-refractivity contribution in [2.45, 2.75) is 39.0 Å². The van der Waals surface area contributed by atoms with E-state index in [1.165, 1.54) is 0 Å². The number of likely N-dealkylation sites (N-methyl/N-ethyl adjacent to an activating group) is 1. The molecule has 112 valence electrons. The van der Waals surface area contributed by atoms with Crippen molar-refractivity contribution in [3.05, 3.63) is 11.9 Å². The molecule has 2 rings (SSSR count). The van der Waals surface area contributed by atoms with Crippen molar-refractivity contribution >= 4 is 11.6 Å². The van der Waals surface area contributed by atoms with E-state index < -0.39 is 0 Å². The van der Waals surface area contributed by atoms with Gasteiger partial charge in [0.15, 0.2) is 5.82 Å². The van der Waals surface area contributed by atoms with Crippen LogP contribution in [0.1, 0.15) is 26.1 Å². The van der Waals surface area contributed by atoms with Crippen molar-refractivity contribution in [3.63, 3.8) is 0 Å². The molecule has 0 aliphatic carbocycles. The van der Waals surface area contributed by atoms with Gasteiger partial charge in [-0.3, -0.25) is 0 Å². The fourth-order valence-corrected chi connectivity index (χ4v) is 2.45. The van der Waals surface area contributed by atoms with Crippen LogP contribution >= 0.6 is 0 Å². The summed E-state index contributed by atoms with van der Waals surface area (Å²) in [4.78, 5) is 11.2. The minimum absolute atomic E-state index is 0.225. The van der Waals surface area contributed by atoms with E-state index in [0.29, 0.717) is 25.1 Å². The zero-order valence-corrected chi connectivity index (χ0v) is 12.7. The molecule has 0 aromatic carbocycles. The van der Waals surface area contributed by atoms with Gasteiger partial charge in [0, 0.05) is 33.4 Å². The molecule has 1 aromatic rings. The Morgan fingerprint density at radius 3 is 2.90 bits per heavy atom. The predicted octanol–water partition coefficient (Wildman–Crippen LogP) is 1.67. The molecule has 2 atom stereocenters.